The van der Waals surface area contributed by atoms with Gasteiger partial charge in [0.05, 0.1) is 0 Å². The quantitative estimate of drug-likeness (QED) is 0.646. The highest BCUT2D eigenvalue weighted by Gasteiger charge is 2.27. The minimum absolute atomic E-state index is 0.0270. The van der Waals surface area contributed by atoms with E-state index in [0.717, 1.165) is 12.8 Å². The highest BCUT2D eigenvalue weighted by atomic mass is 32.2. The summed E-state index contributed by atoms with van der Waals surface area (Å²) in [5.74, 6) is 1.27. The fourth-order valence-corrected chi connectivity index (χ4v) is 2.39. The summed E-state index contributed by atoms with van der Waals surface area (Å²) in [6.45, 7) is 1.29. The van der Waals surface area contributed by atoms with Crippen LogP contribution in [0.4, 0.5) is 4.79 Å². The van der Waals surface area contributed by atoms with E-state index in [4.69, 9.17) is 0 Å². The first-order valence-electron chi connectivity index (χ1n) is 4.66. The Bertz CT molecular complexity index is 230. The van der Waals surface area contributed by atoms with Crippen LogP contribution in [0.1, 0.15) is 12.8 Å². The first-order chi connectivity index (χ1) is 6.25. The molecule has 2 aliphatic rings. The van der Waals surface area contributed by atoms with Crippen molar-refractivity contribution < 1.29 is 9.00 Å². The van der Waals surface area contributed by atoms with Gasteiger partial charge in [-0.1, -0.05) is 0 Å². The van der Waals surface area contributed by atoms with Gasteiger partial charge in [0.15, 0.2) is 0 Å². The van der Waals surface area contributed by atoms with Crippen LogP contribution in [0.5, 0.6) is 0 Å². The molecular formula is C8H14N2O2S. The summed E-state index contributed by atoms with van der Waals surface area (Å²) in [5, 5.41) is 2.93. The highest BCUT2D eigenvalue weighted by Crippen LogP contribution is 2.19. The molecule has 0 spiro atoms. The zero-order valence-electron chi connectivity index (χ0n) is 7.49. The van der Waals surface area contributed by atoms with Gasteiger partial charge in [0.25, 0.3) is 0 Å². The fourth-order valence-electron chi connectivity index (χ4n) is 1.33. The molecule has 1 N–H and O–H groups in total. The summed E-state index contributed by atoms with van der Waals surface area (Å²) >= 11 is 0. The Morgan fingerprint density at radius 2 is 1.92 bits per heavy atom. The molecule has 0 aromatic carbocycles. The van der Waals surface area contributed by atoms with Crippen LogP contribution < -0.4 is 5.32 Å². The normalized spacial score (nSPS) is 24.5. The number of hydrogen-bond donors (Lipinski definition) is 1. The molecule has 2 rings (SSSR count). The van der Waals surface area contributed by atoms with Crippen LogP contribution in [0, 0.1) is 0 Å². The van der Waals surface area contributed by atoms with Crippen molar-refractivity contribution in [1.82, 2.24) is 10.2 Å². The van der Waals surface area contributed by atoms with Crippen molar-refractivity contribution in [1.29, 1.82) is 0 Å². The highest BCUT2D eigenvalue weighted by molar-refractivity contribution is 7.85. The molecule has 0 radical (unpaired) electrons. The van der Waals surface area contributed by atoms with Crippen molar-refractivity contribution in [2.45, 2.75) is 18.9 Å². The van der Waals surface area contributed by atoms with Crippen LogP contribution in [-0.4, -0.2) is 45.8 Å². The average Bonchev–Trinajstić information content (AvgIpc) is 2.89. The third kappa shape index (κ3) is 2.43. The number of rotatable bonds is 1. The van der Waals surface area contributed by atoms with Crippen LogP contribution in [0.15, 0.2) is 0 Å². The summed E-state index contributed by atoms with van der Waals surface area (Å²) in [6, 6.07) is 0.444. The molecule has 0 unspecified atom stereocenters. The molecule has 2 fully saturated rings. The maximum absolute atomic E-state index is 11.5. The van der Waals surface area contributed by atoms with Crippen LogP contribution in [-0.2, 0) is 10.8 Å². The number of carbonyl (C=O) groups excluding carboxylic acids is 1. The average molecular weight is 202 g/mol. The minimum atomic E-state index is -0.696. The van der Waals surface area contributed by atoms with Gasteiger partial charge in [-0.3, -0.25) is 4.21 Å². The van der Waals surface area contributed by atoms with Gasteiger partial charge in [-0.05, 0) is 12.8 Å². The Morgan fingerprint density at radius 3 is 2.46 bits per heavy atom. The second-order valence-electron chi connectivity index (χ2n) is 3.56. The second kappa shape index (κ2) is 3.65. The van der Waals surface area contributed by atoms with Gasteiger partial charge in [-0.2, -0.15) is 0 Å². The van der Waals surface area contributed by atoms with Crippen molar-refractivity contribution >= 4 is 16.8 Å². The van der Waals surface area contributed by atoms with E-state index in [1.807, 2.05) is 0 Å². The molecule has 0 aromatic heterocycles. The molecule has 0 bridgehead atoms. The van der Waals surface area contributed by atoms with Gasteiger partial charge in [-0.25, -0.2) is 4.79 Å². The van der Waals surface area contributed by atoms with E-state index in [2.05, 4.69) is 5.32 Å². The Morgan fingerprint density at radius 1 is 1.31 bits per heavy atom. The minimum Gasteiger partial charge on any atom is -0.335 e. The van der Waals surface area contributed by atoms with E-state index in [-0.39, 0.29) is 6.03 Å². The number of urea groups is 1. The molecule has 1 saturated carbocycles. The number of carbonyl (C=O) groups is 1. The first-order valence-corrected chi connectivity index (χ1v) is 6.15. The zero-order valence-corrected chi connectivity index (χ0v) is 8.31. The van der Waals surface area contributed by atoms with E-state index in [1.54, 1.807) is 4.90 Å². The lowest BCUT2D eigenvalue weighted by Crippen LogP contribution is -2.47. The smallest absolute Gasteiger partial charge is 0.317 e. The van der Waals surface area contributed by atoms with Crippen LogP contribution in [0.25, 0.3) is 0 Å². The van der Waals surface area contributed by atoms with Crippen molar-refractivity contribution in [2.75, 3.05) is 24.6 Å². The predicted octanol–water partition coefficient (Wildman–Crippen LogP) is -0.0773. The monoisotopic (exact) mass is 202 g/mol. The molecule has 2 amide bonds. The van der Waals surface area contributed by atoms with Crippen molar-refractivity contribution in [3.05, 3.63) is 0 Å². The third-order valence-electron chi connectivity index (χ3n) is 2.37. The molecule has 1 aliphatic carbocycles. The molecule has 1 heterocycles. The lowest BCUT2D eigenvalue weighted by Gasteiger charge is -2.26. The Labute approximate surface area is 80.1 Å². The van der Waals surface area contributed by atoms with Gasteiger partial charge in [0.1, 0.15) is 0 Å². The van der Waals surface area contributed by atoms with E-state index in [0.29, 0.717) is 30.6 Å². The van der Waals surface area contributed by atoms with Crippen LogP contribution in [0.3, 0.4) is 0 Å². The summed E-state index contributed by atoms with van der Waals surface area (Å²) in [7, 11) is -0.696. The molecule has 4 nitrogen and oxygen atoms in total. The van der Waals surface area contributed by atoms with E-state index < -0.39 is 10.8 Å². The Kier molecular flexibility index (Phi) is 2.53. The molecule has 13 heavy (non-hydrogen) atoms. The maximum atomic E-state index is 11.5. The summed E-state index contributed by atoms with van der Waals surface area (Å²) in [6.07, 6.45) is 2.23. The molecule has 74 valence electrons. The van der Waals surface area contributed by atoms with Crippen molar-refractivity contribution in [3.63, 3.8) is 0 Å². The summed E-state index contributed by atoms with van der Waals surface area (Å²) in [4.78, 5) is 13.2. The fraction of sp³-hybridized carbons (Fsp3) is 0.875. The van der Waals surface area contributed by atoms with Crippen LogP contribution in [0.2, 0.25) is 0 Å². The van der Waals surface area contributed by atoms with E-state index >= 15 is 0 Å². The summed E-state index contributed by atoms with van der Waals surface area (Å²) < 4.78 is 11.0. The Balaban J connectivity index is 1.78. The van der Waals surface area contributed by atoms with Crippen molar-refractivity contribution in [3.8, 4) is 0 Å². The Hall–Kier alpha value is -0.580. The van der Waals surface area contributed by atoms with Gasteiger partial charge in [-0.15, -0.1) is 0 Å². The predicted molar refractivity (Wildman–Crippen MR) is 51.0 cm³/mol. The van der Waals surface area contributed by atoms with Crippen LogP contribution >= 0.6 is 0 Å². The molecule has 1 saturated heterocycles. The molecule has 0 aromatic rings. The van der Waals surface area contributed by atoms with Gasteiger partial charge >= 0.3 is 6.03 Å². The lowest BCUT2D eigenvalue weighted by molar-refractivity contribution is 0.202. The van der Waals surface area contributed by atoms with Gasteiger partial charge < -0.3 is 10.2 Å². The van der Waals surface area contributed by atoms with E-state index in [9.17, 15) is 9.00 Å². The number of hydrogen-bond acceptors (Lipinski definition) is 2. The number of nitrogens with one attached hydrogen (secondary N) is 1. The SMILES string of the molecule is O=C(NC1CC1)N1CCS(=O)CC1. The third-order valence-corrected chi connectivity index (χ3v) is 3.65. The number of amides is 2. The standard InChI is InChI=1S/C8H14N2O2S/c11-8(9-7-1-2-7)10-3-5-13(12)6-4-10/h7H,1-6H2,(H,9,11). The first kappa shape index (κ1) is 8.99. The van der Waals surface area contributed by atoms with Crippen molar-refractivity contribution in [2.24, 2.45) is 0 Å². The largest absolute Gasteiger partial charge is 0.335 e. The van der Waals surface area contributed by atoms with Gasteiger partial charge in [0.2, 0.25) is 0 Å². The van der Waals surface area contributed by atoms with E-state index in [1.165, 1.54) is 0 Å². The lowest BCUT2D eigenvalue weighted by atomic mass is 10.5. The zero-order chi connectivity index (χ0) is 9.26. The summed E-state index contributed by atoms with van der Waals surface area (Å²) in [5.41, 5.74) is 0. The topological polar surface area (TPSA) is 49.4 Å². The maximum Gasteiger partial charge on any atom is 0.317 e. The molecule has 1 aliphatic heterocycles. The number of nitrogens with zero attached hydrogens (tertiary/aromatic N) is 1. The van der Waals surface area contributed by atoms with Gasteiger partial charge in [0, 0.05) is 41.4 Å². The molecule has 5 heteroatoms. The second-order valence-corrected chi connectivity index (χ2v) is 5.26. The molecule has 0 atom stereocenters. The molecular weight excluding hydrogens is 188 g/mol.